The average Bonchev–Trinajstić information content (AvgIpc) is 2.25. The van der Waals surface area contributed by atoms with E-state index < -0.39 is 14.9 Å². The van der Waals surface area contributed by atoms with Crippen LogP contribution in [0.2, 0.25) is 0 Å². The lowest BCUT2D eigenvalue weighted by molar-refractivity contribution is -0.384. The van der Waals surface area contributed by atoms with Gasteiger partial charge in [0.1, 0.15) is 4.90 Å². The molecule has 0 aromatic heterocycles. The minimum Gasteiger partial charge on any atom is -0.397 e. The molecule has 0 heterocycles. The monoisotopic (exact) mass is 302 g/mol. The fourth-order valence-electron chi connectivity index (χ4n) is 1.81. The Hall–Kier alpha value is -1.71. The maximum Gasteiger partial charge on any atom is 0.271 e. The van der Waals surface area contributed by atoms with E-state index in [1.165, 1.54) is 0 Å². The van der Waals surface area contributed by atoms with Crippen molar-refractivity contribution in [3.05, 3.63) is 28.3 Å². The third kappa shape index (κ3) is 4.15. The second kappa shape index (κ2) is 6.16. The van der Waals surface area contributed by atoms with E-state index in [0.29, 0.717) is 6.54 Å². The van der Waals surface area contributed by atoms with Crippen LogP contribution < -0.4 is 10.5 Å². The first kappa shape index (κ1) is 16.3. The molecule has 20 heavy (non-hydrogen) atoms. The van der Waals surface area contributed by atoms with E-state index in [-0.39, 0.29) is 22.3 Å². The zero-order valence-electron chi connectivity index (χ0n) is 11.5. The molecule has 1 aromatic carbocycles. The predicted octanol–water partition coefficient (Wildman–Crippen LogP) is 0.405. The Morgan fingerprint density at radius 1 is 1.45 bits per heavy atom. The Labute approximate surface area is 117 Å². The van der Waals surface area contributed by atoms with Crippen molar-refractivity contribution in [1.82, 2.24) is 9.62 Å². The molecule has 0 amide bonds. The number of benzene rings is 1. The fourth-order valence-corrected chi connectivity index (χ4v) is 3.16. The SMILES string of the molecule is CC(CN(C)C)NS(=O)(=O)c1ccc([N+](=O)[O-])cc1N. The van der Waals surface area contributed by atoms with Crippen molar-refractivity contribution in [3.63, 3.8) is 0 Å². The summed E-state index contributed by atoms with van der Waals surface area (Å²) in [6.45, 7) is 2.24. The van der Waals surface area contributed by atoms with E-state index in [1.54, 1.807) is 6.92 Å². The number of sulfonamides is 1. The maximum atomic E-state index is 12.1. The highest BCUT2D eigenvalue weighted by Gasteiger charge is 2.22. The topological polar surface area (TPSA) is 119 Å². The van der Waals surface area contributed by atoms with Gasteiger partial charge >= 0.3 is 0 Å². The molecule has 0 fully saturated rings. The summed E-state index contributed by atoms with van der Waals surface area (Å²) in [7, 11) is -0.154. The minimum atomic E-state index is -3.80. The molecule has 8 nitrogen and oxygen atoms in total. The van der Waals surface area contributed by atoms with E-state index in [9.17, 15) is 18.5 Å². The third-order valence-electron chi connectivity index (χ3n) is 2.49. The van der Waals surface area contributed by atoms with Crippen molar-refractivity contribution in [3.8, 4) is 0 Å². The largest absolute Gasteiger partial charge is 0.397 e. The number of nitro benzene ring substituents is 1. The Morgan fingerprint density at radius 3 is 2.50 bits per heavy atom. The number of anilines is 1. The number of hydrogen-bond donors (Lipinski definition) is 2. The Bertz CT molecular complexity index is 600. The standard InChI is InChI=1S/C11H18N4O4S/c1-8(7-14(2)3)13-20(18,19)11-5-4-9(15(16)17)6-10(11)12/h4-6,8,13H,7,12H2,1-3H3. The summed E-state index contributed by atoms with van der Waals surface area (Å²) < 4.78 is 26.8. The first-order chi connectivity index (χ1) is 9.13. The van der Waals surface area contributed by atoms with Gasteiger partial charge in [0.05, 0.1) is 10.6 Å². The number of nitro groups is 1. The lowest BCUT2D eigenvalue weighted by atomic mass is 10.3. The molecular weight excluding hydrogens is 284 g/mol. The zero-order chi connectivity index (χ0) is 15.5. The van der Waals surface area contributed by atoms with E-state index in [2.05, 4.69) is 4.72 Å². The van der Waals surface area contributed by atoms with Crippen molar-refractivity contribution in [2.45, 2.75) is 17.9 Å². The Balaban J connectivity index is 3.01. The summed E-state index contributed by atoms with van der Waals surface area (Å²) in [6, 6.07) is 2.97. The number of nitrogens with zero attached hydrogens (tertiary/aromatic N) is 2. The van der Waals surface area contributed by atoms with Gasteiger partial charge in [-0.1, -0.05) is 0 Å². The Kier molecular flexibility index (Phi) is 5.03. The number of hydrogen-bond acceptors (Lipinski definition) is 6. The summed E-state index contributed by atoms with van der Waals surface area (Å²) in [5.74, 6) is 0. The molecule has 1 rings (SSSR count). The molecule has 0 radical (unpaired) electrons. The van der Waals surface area contributed by atoms with Gasteiger partial charge in [-0.15, -0.1) is 0 Å². The van der Waals surface area contributed by atoms with Crippen molar-refractivity contribution < 1.29 is 13.3 Å². The molecule has 1 aromatic rings. The molecule has 1 atom stereocenters. The van der Waals surface area contributed by atoms with Crippen LogP contribution in [0.1, 0.15) is 6.92 Å². The van der Waals surface area contributed by atoms with E-state index >= 15 is 0 Å². The van der Waals surface area contributed by atoms with Crippen LogP contribution in [0.3, 0.4) is 0 Å². The Morgan fingerprint density at radius 2 is 2.05 bits per heavy atom. The van der Waals surface area contributed by atoms with Crippen molar-refractivity contribution in [2.24, 2.45) is 0 Å². The summed E-state index contributed by atoms with van der Waals surface area (Å²) in [4.78, 5) is 11.6. The van der Waals surface area contributed by atoms with Crippen LogP contribution >= 0.6 is 0 Å². The summed E-state index contributed by atoms with van der Waals surface area (Å²) in [5, 5.41) is 10.6. The maximum absolute atomic E-state index is 12.1. The second-order valence-electron chi connectivity index (χ2n) is 4.76. The van der Waals surface area contributed by atoms with Gasteiger partial charge in [0.15, 0.2) is 0 Å². The van der Waals surface area contributed by atoms with Crippen LogP contribution in [0.15, 0.2) is 23.1 Å². The van der Waals surface area contributed by atoms with Gasteiger partial charge in [0.25, 0.3) is 5.69 Å². The van der Waals surface area contributed by atoms with Gasteiger partial charge in [-0.05, 0) is 27.1 Å². The number of nitrogens with one attached hydrogen (secondary N) is 1. The number of nitrogens with two attached hydrogens (primary N) is 1. The zero-order valence-corrected chi connectivity index (χ0v) is 12.3. The minimum absolute atomic E-state index is 0.149. The molecule has 112 valence electrons. The predicted molar refractivity (Wildman–Crippen MR) is 75.8 cm³/mol. The first-order valence-electron chi connectivity index (χ1n) is 5.84. The molecule has 3 N–H and O–H groups in total. The van der Waals surface area contributed by atoms with Crippen LogP contribution in [0.25, 0.3) is 0 Å². The number of nitrogen functional groups attached to an aromatic ring is 1. The molecular formula is C11H18N4O4S. The smallest absolute Gasteiger partial charge is 0.271 e. The molecule has 0 aliphatic heterocycles. The highest BCUT2D eigenvalue weighted by atomic mass is 32.2. The molecule has 9 heteroatoms. The molecule has 0 spiro atoms. The molecule has 0 aliphatic rings. The van der Waals surface area contributed by atoms with E-state index in [0.717, 1.165) is 18.2 Å². The van der Waals surface area contributed by atoms with Crippen molar-refractivity contribution in [1.29, 1.82) is 0 Å². The van der Waals surface area contributed by atoms with Gasteiger partial charge in [-0.3, -0.25) is 10.1 Å². The van der Waals surface area contributed by atoms with Gasteiger partial charge in [-0.25, -0.2) is 13.1 Å². The van der Waals surface area contributed by atoms with E-state index in [4.69, 9.17) is 5.73 Å². The van der Waals surface area contributed by atoms with E-state index in [1.807, 2.05) is 19.0 Å². The molecule has 0 saturated heterocycles. The van der Waals surface area contributed by atoms with Gasteiger partial charge in [-0.2, -0.15) is 0 Å². The normalized spacial score (nSPS) is 13.4. The van der Waals surface area contributed by atoms with Crippen LogP contribution in [0.5, 0.6) is 0 Å². The third-order valence-corrected chi connectivity index (χ3v) is 4.15. The van der Waals surface area contributed by atoms with Crippen molar-refractivity contribution in [2.75, 3.05) is 26.4 Å². The second-order valence-corrected chi connectivity index (χ2v) is 6.45. The average molecular weight is 302 g/mol. The number of likely N-dealkylation sites (N-methyl/N-ethyl adjacent to an activating group) is 1. The van der Waals surface area contributed by atoms with Crippen molar-refractivity contribution >= 4 is 21.4 Å². The molecule has 0 saturated carbocycles. The number of rotatable bonds is 6. The summed E-state index contributed by atoms with van der Waals surface area (Å²) in [6.07, 6.45) is 0. The van der Waals surface area contributed by atoms with Gasteiger partial charge in [0, 0.05) is 24.7 Å². The molecule has 0 aliphatic carbocycles. The summed E-state index contributed by atoms with van der Waals surface area (Å²) >= 11 is 0. The number of non-ortho nitro benzene ring substituents is 1. The first-order valence-corrected chi connectivity index (χ1v) is 7.33. The van der Waals surface area contributed by atoms with Crippen LogP contribution in [0, 0.1) is 10.1 Å². The van der Waals surface area contributed by atoms with Crippen LogP contribution in [0.4, 0.5) is 11.4 Å². The molecule has 1 unspecified atom stereocenters. The van der Waals surface area contributed by atoms with Crippen LogP contribution in [-0.4, -0.2) is 44.9 Å². The van der Waals surface area contributed by atoms with Gasteiger partial charge < -0.3 is 10.6 Å². The highest BCUT2D eigenvalue weighted by Crippen LogP contribution is 2.23. The highest BCUT2D eigenvalue weighted by molar-refractivity contribution is 7.89. The summed E-state index contributed by atoms with van der Waals surface area (Å²) in [5.41, 5.74) is 5.19. The quantitative estimate of drug-likeness (QED) is 0.446. The van der Waals surface area contributed by atoms with Crippen LogP contribution in [-0.2, 0) is 10.0 Å². The fraction of sp³-hybridized carbons (Fsp3) is 0.455. The van der Waals surface area contributed by atoms with Gasteiger partial charge in [0.2, 0.25) is 10.0 Å². The lowest BCUT2D eigenvalue weighted by Gasteiger charge is -2.18. The lowest BCUT2D eigenvalue weighted by Crippen LogP contribution is -2.39. The molecule has 0 bridgehead atoms.